The topological polar surface area (TPSA) is 151 Å². The maximum absolute atomic E-state index is 13.3. The van der Waals surface area contributed by atoms with Crippen LogP contribution in [0.3, 0.4) is 0 Å². The van der Waals surface area contributed by atoms with Gasteiger partial charge in [-0.15, -0.1) is 0 Å². The van der Waals surface area contributed by atoms with Gasteiger partial charge in [0.25, 0.3) is 0 Å². The Morgan fingerprint density at radius 2 is 1.66 bits per heavy atom. The summed E-state index contributed by atoms with van der Waals surface area (Å²) in [5, 5.41) is 50.4. The van der Waals surface area contributed by atoms with E-state index in [1.54, 1.807) is 34.6 Å². The van der Waals surface area contributed by atoms with Gasteiger partial charge in [-0.2, -0.15) is 0 Å². The molecule has 4 N–H and O–H groups in total. The zero-order valence-corrected chi connectivity index (χ0v) is 26.9. The highest BCUT2D eigenvalue weighted by molar-refractivity contribution is 5.88. The lowest BCUT2D eigenvalue weighted by atomic mass is 9.73. The predicted molar refractivity (Wildman–Crippen MR) is 155 cm³/mol. The Morgan fingerprint density at radius 1 is 1.05 bits per heavy atom. The SMILES string of the molecule is CC[C@H]1OC(=O)[C@H](C)[C@@H](O)[C@H](C)[C@@H](O[C@H]2C[C@@H](N(C)C)C[C@@H](C)O2)[C@](C)(O)C[C@@H](C)/C(=N\OC)[C@H](C)[C@@H](O)[C@]1(C)O. The van der Waals surface area contributed by atoms with Crippen LogP contribution in [-0.4, -0.2) is 112 Å². The second-order valence-corrected chi connectivity index (χ2v) is 13.1. The summed E-state index contributed by atoms with van der Waals surface area (Å²) in [7, 11) is 5.41. The fourth-order valence-electron chi connectivity index (χ4n) is 6.64. The van der Waals surface area contributed by atoms with E-state index < -0.39 is 71.5 Å². The number of hydrogen-bond donors (Lipinski definition) is 4. The lowest BCUT2D eigenvalue weighted by Gasteiger charge is -2.46. The molecule has 0 spiro atoms. The van der Waals surface area contributed by atoms with E-state index in [9.17, 15) is 25.2 Å². The Bertz CT molecular complexity index is 880. The largest absolute Gasteiger partial charge is 0.459 e. The number of esters is 1. The first-order chi connectivity index (χ1) is 18.9. The molecule has 0 radical (unpaired) electrons. The molecular weight excluding hydrogens is 532 g/mol. The minimum atomic E-state index is -1.83. The van der Waals surface area contributed by atoms with E-state index in [1.165, 1.54) is 14.0 Å². The molecule has 0 bridgehead atoms. The summed E-state index contributed by atoms with van der Waals surface area (Å²) in [5.74, 6) is -3.58. The van der Waals surface area contributed by atoms with Crippen LogP contribution in [0, 0.1) is 23.7 Å². The molecule has 0 unspecified atom stereocenters. The van der Waals surface area contributed by atoms with E-state index in [4.69, 9.17) is 19.0 Å². The maximum atomic E-state index is 13.3. The van der Waals surface area contributed by atoms with Gasteiger partial charge in [0.2, 0.25) is 0 Å². The molecule has 2 aliphatic heterocycles. The van der Waals surface area contributed by atoms with Crippen molar-refractivity contribution >= 4 is 11.7 Å². The Hall–Kier alpha value is -1.34. The lowest BCUT2D eigenvalue weighted by molar-refractivity contribution is -0.267. The van der Waals surface area contributed by atoms with Crippen molar-refractivity contribution in [3.8, 4) is 0 Å². The number of carbonyl (C=O) groups excluding carboxylic acids is 1. The normalized spacial score (nSPS) is 46.7. The first kappa shape index (κ1) is 35.9. The third-order valence-corrected chi connectivity index (χ3v) is 9.24. The van der Waals surface area contributed by atoms with Gasteiger partial charge in [0.15, 0.2) is 6.29 Å². The summed E-state index contributed by atoms with van der Waals surface area (Å²) in [5.41, 5.74) is -2.93. The molecule has 13 atom stereocenters. The standard InChI is InChI=1S/C30H56N2O9/c1-12-22-30(8,37)26(34)18(4)24(31-38-11)16(2)15-29(7,36)27(19(5)25(33)20(6)28(35)40-22)41-23-14-21(32(9)10)13-17(3)39-23/h16-23,25-27,33-34,36-37H,12-15H2,1-11H3/b31-24+/t16-,17-,18+,19+,20-,21+,22-,23+,25+,26-,27-,29-,30-/m1/s1. The first-order valence-corrected chi connectivity index (χ1v) is 15.0. The number of aliphatic hydroxyl groups is 4. The molecule has 2 fully saturated rings. The number of ether oxygens (including phenoxy) is 3. The summed E-state index contributed by atoms with van der Waals surface area (Å²) in [6.07, 6.45) is -3.54. The number of cyclic esters (lactones) is 1. The highest BCUT2D eigenvalue weighted by Crippen LogP contribution is 2.37. The van der Waals surface area contributed by atoms with Crippen LogP contribution >= 0.6 is 0 Å². The number of aliphatic hydroxyl groups excluding tert-OH is 2. The zero-order valence-electron chi connectivity index (χ0n) is 26.9. The average molecular weight is 589 g/mol. The van der Waals surface area contributed by atoms with Gasteiger partial charge in [0.05, 0.1) is 41.6 Å². The fourth-order valence-corrected chi connectivity index (χ4v) is 6.64. The Balaban J connectivity index is 2.59. The molecule has 0 aliphatic carbocycles. The number of oxime groups is 1. The molecule has 240 valence electrons. The summed E-state index contributed by atoms with van der Waals surface area (Å²) in [4.78, 5) is 20.5. The molecule has 2 heterocycles. The predicted octanol–water partition coefficient (Wildman–Crippen LogP) is 2.32. The number of rotatable bonds is 5. The van der Waals surface area contributed by atoms with Crippen LogP contribution in [0.25, 0.3) is 0 Å². The van der Waals surface area contributed by atoms with E-state index in [2.05, 4.69) is 10.1 Å². The van der Waals surface area contributed by atoms with Crippen molar-refractivity contribution in [1.82, 2.24) is 4.90 Å². The first-order valence-electron chi connectivity index (χ1n) is 15.0. The molecule has 0 aromatic heterocycles. The molecule has 11 nitrogen and oxygen atoms in total. The van der Waals surface area contributed by atoms with Crippen molar-refractivity contribution in [1.29, 1.82) is 0 Å². The third kappa shape index (κ3) is 8.40. The summed E-state index contributed by atoms with van der Waals surface area (Å²) < 4.78 is 18.4. The van der Waals surface area contributed by atoms with E-state index >= 15 is 0 Å². The van der Waals surface area contributed by atoms with Crippen molar-refractivity contribution < 1.29 is 44.3 Å². The molecule has 0 saturated carbocycles. The average Bonchev–Trinajstić information content (AvgIpc) is 2.89. The van der Waals surface area contributed by atoms with Crippen LogP contribution in [-0.2, 0) is 23.8 Å². The molecule has 0 aromatic carbocycles. The van der Waals surface area contributed by atoms with Gasteiger partial charge in [-0.05, 0) is 61.1 Å². The van der Waals surface area contributed by atoms with Gasteiger partial charge < -0.3 is 44.4 Å². The third-order valence-electron chi connectivity index (χ3n) is 9.24. The van der Waals surface area contributed by atoms with E-state index in [1.807, 2.05) is 27.9 Å². The van der Waals surface area contributed by atoms with Crippen molar-refractivity contribution in [2.45, 2.75) is 135 Å². The highest BCUT2D eigenvalue weighted by atomic mass is 16.7. The molecule has 41 heavy (non-hydrogen) atoms. The minimum Gasteiger partial charge on any atom is -0.459 e. The second-order valence-electron chi connectivity index (χ2n) is 13.1. The summed E-state index contributed by atoms with van der Waals surface area (Å²) >= 11 is 0. The van der Waals surface area contributed by atoms with E-state index in [0.29, 0.717) is 12.1 Å². The van der Waals surface area contributed by atoms with Crippen molar-refractivity contribution in [3.63, 3.8) is 0 Å². The zero-order chi connectivity index (χ0) is 31.4. The van der Waals surface area contributed by atoms with Crippen LogP contribution in [0.15, 0.2) is 5.16 Å². The van der Waals surface area contributed by atoms with Crippen LogP contribution < -0.4 is 0 Å². The molecule has 11 heteroatoms. The van der Waals surface area contributed by atoms with Gasteiger partial charge in [-0.1, -0.05) is 32.9 Å². The van der Waals surface area contributed by atoms with Gasteiger partial charge >= 0.3 is 5.97 Å². The Labute approximate surface area is 246 Å². The maximum Gasteiger partial charge on any atom is 0.311 e. The summed E-state index contributed by atoms with van der Waals surface area (Å²) in [6, 6.07) is 0.210. The minimum absolute atomic E-state index is 0.0702. The van der Waals surface area contributed by atoms with Gasteiger partial charge in [-0.3, -0.25) is 4.79 Å². The number of carbonyl (C=O) groups is 1. The molecule has 2 saturated heterocycles. The highest BCUT2D eigenvalue weighted by Gasteiger charge is 2.50. The second kappa shape index (κ2) is 14.4. The van der Waals surface area contributed by atoms with Crippen LogP contribution in [0.5, 0.6) is 0 Å². The molecule has 0 aromatic rings. The number of hydrogen-bond acceptors (Lipinski definition) is 11. The molecule has 0 amide bonds. The number of nitrogens with zero attached hydrogens (tertiary/aromatic N) is 2. The van der Waals surface area contributed by atoms with Gasteiger partial charge in [-0.25, -0.2) is 0 Å². The molecule has 2 rings (SSSR count). The fraction of sp³-hybridized carbons (Fsp3) is 0.933. The monoisotopic (exact) mass is 588 g/mol. The van der Waals surface area contributed by atoms with Gasteiger partial charge in [0.1, 0.15) is 18.8 Å². The van der Waals surface area contributed by atoms with E-state index in [0.717, 1.165) is 6.42 Å². The van der Waals surface area contributed by atoms with Crippen molar-refractivity contribution in [3.05, 3.63) is 0 Å². The van der Waals surface area contributed by atoms with Crippen molar-refractivity contribution in [2.24, 2.45) is 28.8 Å². The molecule has 2 aliphatic rings. The smallest absolute Gasteiger partial charge is 0.311 e. The van der Waals surface area contributed by atoms with E-state index in [-0.39, 0.29) is 25.0 Å². The quantitative estimate of drug-likeness (QED) is 0.278. The van der Waals surface area contributed by atoms with Crippen LogP contribution in [0.2, 0.25) is 0 Å². The van der Waals surface area contributed by atoms with Crippen LogP contribution in [0.1, 0.15) is 81.1 Å². The molecular formula is C30H56N2O9. The Kier molecular flexibility index (Phi) is 12.6. The lowest BCUT2D eigenvalue weighted by Crippen LogP contribution is -2.58. The van der Waals surface area contributed by atoms with Crippen molar-refractivity contribution in [2.75, 3.05) is 21.2 Å². The Morgan fingerprint density at radius 3 is 2.20 bits per heavy atom. The summed E-state index contributed by atoms with van der Waals surface area (Å²) in [6.45, 7) is 13.6. The van der Waals surface area contributed by atoms with Gasteiger partial charge in [0, 0.05) is 30.2 Å². The van der Waals surface area contributed by atoms with Crippen LogP contribution in [0.4, 0.5) is 0 Å².